The second-order valence-corrected chi connectivity index (χ2v) is 9.89. The van der Waals surface area contributed by atoms with Crippen molar-refractivity contribution in [2.75, 3.05) is 25.1 Å². The number of ether oxygens (including phenoxy) is 3. The summed E-state index contributed by atoms with van der Waals surface area (Å²) in [6.45, 7) is 1.31. The van der Waals surface area contributed by atoms with E-state index in [-0.39, 0.29) is 22.1 Å². The van der Waals surface area contributed by atoms with Gasteiger partial charge in [-0.25, -0.2) is 13.2 Å². The van der Waals surface area contributed by atoms with Crippen LogP contribution in [0.15, 0.2) is 71.6 Å². The van der Waals surface area contributed by atoms with Crippen molar-refractivity contribution in [3.8, 4) is 11.5 Å². The lowest BCUT2D eigenvalue weighted by atomic mass is 10.1. The van der Waals surface area contributed by atoms with E-state index in [0.717, 1.165) is 5.56 Å². The molecule has 1 unspecified atom stereocenters. The fraction of sp³-hybridized carbons (Fsp3) is 0.231. The Bertz CT molecular complexity index is 1380. The monoisotopic (exact) mass is 495 g/mol. The molecule has 1 aliphatic rings. The Morgan fingerprint density at radius 2 is 1.74 bits per heavy atom. The van der Waals surface area contributed by atoms with Crippen LogP contribution in [0.3, 0.4) is 0 Å². The number of Topliss-reactive ketones (excluding diaryl/α,β-unsaturated/α-hetero) is 1. The maximum atomic E-state index is 13.5. The second kappa shape index (κ2) is 9.79. The number of hydrogen-bond donors (Lipinski definition) is 0. The molecule has 1 atom stereocenters. The molecule has 0 saturated heterocycles. The van der Waals surface area contributed by atoms with E-state index < -0.39 is 28.4 Å². The van der Waals surface area contributed by atoms with Gasteiger partial charge in [0.25, 0.3) is 10.0 Å². The molecular formula is C26H25NO7S. The molecule has 0 radical (unpaired) electrons. The molecule has 182 valence electrons. The third-order valence-electron chi connectivity index (χ3n) is 5.81. The van der Waals surface area contributed by atoms with Crippen LogP contribution in [0.1, 0.15) is 33.2 Å². The predicted molar refractivity (Wildman–Crippen MR) is 130 cm³/mol. The molecule has 0 bridgehead atoms. The Balaban J connectivity index is 1.51. The molecule has 9 heteroatoms. The molecule has 3 aromatic rings. The Morgan fingerprint density at radius 1 is 0.971 bits per heavy atom. The fourth-order valence-corrected chi connectivity index (χ4v) is 5.86. The first-order valence-corrected chi connectivity index (χ1v) is 12.3. The van der Waals surface area contributed by atoms with Gasteiger partial charge in [0, 0.05) is 12.1 Å². The minimum atomic E-state index is -3.92. The first kappa shape index (κ1) is 24.3. The van der Waals surface area contributed by atoms with Gasteiger partial charge < -0.3 is 14.2 Å². The van der Waals surface area contributed by atoms with Crippen molar-refractivity contribution < 1.29 is 32.2 Å². The number of ketones is 1. The molecule has 35 heavy (non-hydrogen) atoms. The molecule has 3 aromatic carbocycles. The summed E-state index contributed by atoms with van der Waals surface area (Å²) in [5.41, 5.74) is 1.85. The van der Waals surface area contributed by atoms with E-state index in [9.17, 15) is 18.0 Å². The number of esters is 1. The van der Waals surface area contributed by atoms with Gasteiger partial charge in [0.15, 0.2) is 6.61 Å². The molecule has 0 fully saturated rings. The third-order valence-corrected chi connectivity index (χ3v) is 7.74. The van der Waals surface area contributed by atoms with Crippen LogP contribution in [0.25, 0.3) is 0 Å². The van der Waals surface area contributed by atoms with Crippen molar-refractivity contribution in [2.45, 2.75) is 24.3 Å². The van der Waals surface area contributed by atoms with Gasteiger partial charge in [-0.05, 0) is 55.3 Å². The van der Waals surface area contributed by atoms with Crippen molar-refractivity contribution in [3.63, 3.8) is 0 Å². The summed E-state index contributed by atoms with van der Waals surface area (Å²) in [5, 5.41) is 0. The van der Waals surface area contributed by atoms with Gasteiger partial charge in [-0.15, -0.1) is 0 Å². The van der Waals surface area contributed by atoms with Crippen molar-refractivity contribution in [1.29, 1.82) is 0 Å². The first-order valence-electron chi connectivity index (χ1n) is 10.9. The summed E-state index contributed by atoms with van der Waals surface area (Å²) in [6.07, 6.45) is 0.605. The van der Waals surface area contributed by atoms with Crippen LogP contribution in [0, 0.1) is 0 Å². The maximum absolute atomic E-state index is 13.5. The highest BCUT2D eigenvalue weighted by atomic mass is 32.2. The van der Waals surface area contributed by atoms with Gasteiger partial charge in [0.2, 0.25) is 5.78 Å². The quantitative estimate of drug-likeness (QED) is 0.345. The van der Waals surface area contributed by atoms with E-state index in [1.165, 1.54) is 48.9 Å². The Morgan fingerprint density at radius 3 is 2.49 bits per heavy atom. The normalized spacial score (nSPS) is 14.8. The molecule has 0 saturated carbocycles. The van der Waals surface area contributed by atoms with E-state index >= 15 is 0 Å². The predicted octanol–water partition coefficient (Wildman–Crippen LogP) is 3.88. The van der Waals surface area contributed by atoms with Crippen molar-refractivity contribution in [1.82, 2.24) is 0 Å². The van der Waals surface area contributed by atoms with Gasteiger partial charge in [-0.3, -0.25) is 9.10 Å². The van der Waals surface area contributed by atoms with Crippen LogP contribution in [0.4, 0.5) is 5.69 Å². The number of carbonyl (C=O) groups excluding carboxylic acids is 2. The third kappa shape index (κ3) is 4.72. The Hall–Kier alpha value is -3.85. The van der Waals surface area contributed by atoms with Crippen LogP contribution in [-0.4, -0.2) is 47.0 Å². The van der Waals surface area contributed by atoms with E-state index in [2.05, 4.69) is 0 Å². The van der Waals surface area contributed by atoms with Gasteiger partial charge in [-0.2, -0.15) is 0 Å². The van der Waals surface area contributed by atoms with Crippen LogP contribution in [0.2, 0.25) is 0 Å². The fourth-order valence-electron chi connectivity index (χ4n) is 4.12. The lowest BCUT2D eigenvalue weighted by molar-refractivity contribution is 0.0473. The molecule has 4 rings (SSSR count). The van der Waals surface area contributed by atoms with Crippen LogP contribution in [-0.2, 0) is 21.2 Å². The molecule has 1 aliphatic heterocycles. The van der Waals surface area contributed by atoms with Crippen LogP contribution < -0.4 is 13.8 Å². The van der Waals surface area contributed by atoms with Crippen LogP contribution >= 0.6 is 0 Å². The van der Waals surface area contributed by atoms with E-state index in [1.807, 2.05) is 19.1 Å². The summed E-state index contributed by atoms with van der Waals surface area (Å²) in [4.78, 5) is 25.2. The number of anilines is 1. The smallest absolute Gasteiger partial charge is 0.338 e. The summed E-state index contributed by atoms with van der Waals surface area (Å²) < 4.78 is 43.8. The zero-order valence-corrected chi connectivity index (χ0v) is 20.4. The Labute approximate surface area is 204 Å². The average molecular weight is 496 g/mol. The molecule has 1 heterocycles. The lowest BCUT2D eigenvalue weighted by Gasteiger charge is -2.24. The van der Waals surface area contributed by atoms with Crippen molar-refractivity contribution in [3.05, 3.63) is 83.4 Å². The van der Waals surface area contributed by atoms with Crippen molar-refractivity contribution in [2.24, 2.45) is 0 Å². The molecule has 0 aromatic heterocycles. The number of methoxy groups -OCH3 is 2. The maximum Gasteiger partial charge on any atom is 0.338 e. The van der Waals surface area contributed by atoms with Crippen LogP contribution in [0.5, 0.6) is 11.5 Å². The largest absolute Gasteiger partial charge is 0.497 e. The van der Waals surface area contributed by atoms with Gasteiger partial charge in [-0.1, -0.05) is 24.3 Å². The standard InChI is InChI=1S/C26H25NO7S/c1-17-13-18-7-4-5-10-23(18)27(17)35(30,31)21-9-6-8-19(14-21)26(29)34-16-24(28)22-12-11-20(32-2)15-25(22)33-3/h4-12,14-15,17H,13,16H2,1-3H3. The first-order chi connectivity index (χ1) is 16.8. The average Bonchev–Trinajstić information content (AvgIpc) is 3.23. The van der Waals surface area contributed by atoms with Gasteiger partial charge in [0.05, 0.1) is 35.9 Å². The van der Waals surface area contributed by atoms with E-state index in [4.69, 9.17) is 14.2 Å². The highest BCUT2D eigenvalue weighted by Crippen LogP contribution is 2.36. The lowest BCUT2D eigenvalue weighted by Crippen LogP contribution is -2.35. The number of carbonyl (C=O) groups is 2. The van der Waals surface area contributed by atoms with E-state index in [1.54, 1.807) is 24.3 Å². The SMILES string of the molecule is COc1ccc(C(=O)COC(=O)c2cccc(S(=O)(=O)N3c4ccccc4CC3C)c2)c(OC)c1. The number of sulfonamides is 1. The summed E-state index contributed by atoms with van der Waals surface area (Å²) in [5.74, 6) is -0.469. The zero-order chi connectivity index (χ0) is 25.2. The number of rotatable bonds is 8. The Kier molecular flexibility index (Phi) is 6.79. The summed E-state index contributed by atoms with van der Waals surface area (Å²) in [6, 6.07) is 17.4. The molecule has 0 amide bonds. The topological polar surface area (TPSA) is 99.2 Å². The second-order valence-electron chi connectivity index (χ2n) is 8.08. The van der Waals surface area contributed by atoms with Crippen molar-refractivity contribution >= 4 is 27.5 Å². The molecule has 8 nitrogen and oxygen atoms in total. The number of hydrogen-bond acceptors (Lipinski definition) is 7. The summed E-state index contributed by atoms with van der Waals surface area (Å²) in [7, 11) is -1.00. The number of nitrogens with zero attached hydrogens (tertiary/aromatic N) is 1. The highest BCUT2D eigenvalue weighted by Gasteiger charge is 2.36. The summed E-state index contributed by atoms with van der Waals surface area (Å²) >= 11 is 0. The minimum absolute atomic E-state index is 0.0284. The number of benzene rings is 3. The van der Waals surface area contributed by atoms with Gasteiger partial charge >= 0.3 is 5.97 Å². The van der Waals surface area contributed by atoms with E-state index in [0.29, 0.717) is 23.6 Å². The molecule has 0 N–H and O–H groups in total. The highest BCUT2D eigenvalue weighted by molar-refractivity contribution is 7.92. The van der Waals surface area contributed by atoms with Gasteiger partial charge in [0.1, 0.15) is 11.5 Å². The molecular weight excluding hydrogens is 470 g/mol. The minimum Gasteiger partial charge on any atom is -0.497 e. The molecule has 0 spiro atoms. The number of fused-ring (bicyclic) bond motifs is 1. The molecule has 0 aliphatic carbocycles. The number of para-hydroxylation sites is 1. The zero-order valence-electron chi connectivity index (χ0n) is 19.6.